The van der Waals surface area contributed by atoms with Crippen molar-refractivity contribution >= 4 is 56.4 Å². The van der Waals surface area contributed by atoms with Gasteiger partial charge >= 0.3 is 62.1 Å². The molecule has 0 aliphatic heterocycles. The monoisotopic (exact) mass is 621 g/mol. The van der Waals surface area contributed by atoms with E-state index in [0.717, 1.165) is 13.1 Å². The van der Waals surface area contributed by atoms with Gasteiger partial charge in [-0.25, -0.2) is 18.3 Å². The molecule has 0 fully saturated rings. The zero-order chi connectivity index (χ0) is 18.2. The number of aromatic nitrogens is 4. The van der Waals surface area contributed by atoms with Crippen molar-refractivity contribution < 1.29 is 14.7 Å². The second-order valence-corrected chi connectivity index (χ2v) is 40.6. The molecule has 0 saturated carbocycles. The molecule has 0 unspecified atom stereocenters. The van der Waals surface area contributed by atoms with Gasteiger partial charge in [0.05, 0.1) is 27.2 Å². The van der Waals surface area contributed by atoms with E-state index in [9.17, 15) is 0 Å². The maximum absolute atomic E-state index is 3.27. The van der Waals surface area contributed by atoms with Crippen LogP contribution in [-0.2, 0) is 32.8 Å². The summed E-state index contributed by atoms with van der Waals surface area (Å²) in [7, 11) is 4.11. The van der Waals surface area contributed by atoms with E-state index in [-0.39, 0.29) is 0 Å². The molecule has 2 aromatic heterocycles. The second-order valence-electron chi connectivity index (χ2n) is 4.81. The number of hydrogen-bond donors (Lipinski definition) is 0. The van der Waals surface area contributed by atoms with Crippen LogP contribution in [0.25, 0.3) is 0 Å². The van der Waals surface area contributed by atoms with Crippen molar-refractivity contribution in [1.82, 2.24) is 9.13 Å². The summed E-state index contributed by atoms with van der Waals surface area (Å²) in [5.74, 6) is 2.61. The van der Waals surface area contributed by atoms with Crippen LogP contribution in [0.15, 0.2) is 24.8 Å². The van der Waals surface area contributed by atoms with Crippen molar-refractivity contribution in [3.63, 3.8) is 0 Å². The first-order chi connectivity index (χ1) is 10.5. The minimum absolute atomic E-state index is 1.06. The molecule has 0 aliphatic rings. The first-order valence-electron chi connectivity index (χ1n) is 7.11. The molecule has 2 aromatic rings. The minimum atomic E-state index is -1.38. The van der Waals surface area contributed by atoms with Crippen molar-refractivity contribution in [2.45, 2.75) is 40.8 Å². The summed E-state index contributed by atoms with van der Waals surface area (Å²) in [6.45, 7) is 10.6. The van der Waals surface area contributed by atoms with E-state index < -0.39 is 5.61 Å². The molecule has 0 radical (unpaired) electrons. The topological polar surface area (TPSA) is 17.6 Å². The fourth-order valence-corrected chi connectivity index (χ4v) is 1.87. The number of hydrogen-bond acceptors (Lipinski definition) is 0. The normalized spacial score (nSPS) is 11.2. The van der Waals surface area contributed by atoms with E-state index in [2.05, 4.69) is 141 Å². The van der Waals surface area contributed by atoms with Crippen LogP contribution < -0.4 is 9.13 Å². The Morgan fingerprint density at radius 1 is 0.826 bits per heavy atom. The van der Waals surface area contributed by atoms with Gasteiger partial charge in [-0.05, 0) is 13.8 Å². The van der Waals surface area contributed by atoms with E-state index in [1.807, 2.05) is 0 Å². The van der Waals surface area contributed by atoms with Gasteiger partial charge in [0, 0.05) is 13.8 Å². The van der Waals surface area contributed by atoms with Crippen LogP contribution in [0.1, 0.15) is 25.5 Å². The van der Waals surface area contributed by atoms with Gasteiger partial charge < -0.3 is 0 Å². The van der Waals surface area contributed by atoms with Crippen molar-refractivity contribution in [3.05, 3.63) is 36.4 Å². The van der Waals surface area contributed by atoms with E-state index in [0.29, 0.717) is 0 Å². The molecule has 2 rings (SSSR count). The van der Waals surface area contributed by atoms with Crippen molar-refractivity contribution in [1.29, 1.82) is 0 Å². The van der Waals surface area contributed by atoms with E-state index in [1.54, 1.807) is 0 Å². The van der Waals surface area contributed by atoms with Gasteiger partial charge in [-0.3, -0.25) is 0 Å². The molecule has 4 nitrogen and oxygen atoms in total. The van der Waals surface area contributed by atoms with Crippen LogP contribution in [0.5, 0.6) is 0 Å². The molecule has 0 N–H and O–H groups in total. The summed E-state index contributed by atoms with van der Waals surface area (Å²) >= 11 is 13.1. The molecule has 0 aliphatic carbocycles. The van der Waals surface area contributed by atoms with Crippen molar-refractivity contribution in [3.8, 4) is 0 Å². The zero-order valence-corrected chi connectivity index (χ0v) is 21.9. The number of rotatable bonds is 2. The average Bonchev–Trinajstić information content (AvgIpc) is 2.93. The van der Waals surface area contributed by atoms with Crippen LogP contribution in [0, 0.1) is 13.8 Å². The Morgan fingerprint density at radius 2 is 1.09 bits per heavy atom. The van der Waals surface area contributed by atoms with E-state index in [1.165, 1.54) is 11.6 Å². The molecular formula is C14H26Br4MnN4. The Bertz CT molecular complexity index is 538. The summed E-state index contributed by atoms with van der Waals surface area (Å²) < 4.78 is 8.65. The number of aryl methyl sites for hydroxylation is 4. The molecule has 23 heavy (non-hydrogen) atoms. The van der Waals surface area contributed by atoms with E-state index >= 15 is 0 Å². The Hall–Kier alpha value is 0.859. The standard InChI is InChI=1S/2C7H13N2.4BrH.Mn/c2*1-4-9-6-5-8(3)7(9)2;;;;;/h2*5-6H,4H2,1-3H3;4*1H;/q2*+1;;;;;+2/p-4. The van der Waals surface area contributed by atoms with Crippen LogP contribution in [0.2, 0.25) is 0 Å². The third-order valence-electron chi connectivity index (χ3n) is 3.47. The maximum atomic E-state index is 3.27. The Kier molecular flexibility index (Phi) is 11.9. The summed E-state index contributed by atoms with van der Waals surface area (Å²) in [5.41, 5.74) is -1.38. The first-order valence-corrected chi connectivity index (χ1v) is 18.8. The predicted octanol–water partition coefficient (Wildman–Crippen LogP) is 4.66. The van der Waals surface area contributed by atoms with Gasteiger partial charge in [-0.15, -0.1) is 0 Å². The first kappa shape index (κ1) is 23.9. The molecule has 0 amide bonds. The Morgan fingerprint density at radius 3 is 1.17 bits per heavy atom. The molecule has 0 spiro atoms. The Labute approximate surface area is 170 Å². The van der Waals surface area contributed by atoms with Crippen molar-refractivity contribution in [2.24, 2.45) is 14.1 Å². The molecule has 9 heteroatoms. The number of imidazole rings is 2. The van der Waals surface area contributed by atoms with Crippen LogP contribution in [0.4, 0.5) is 0 Å². The second kappa shape index (κ2) is 11.5. The van der Waals surface area contributed by atoms with Crippen LogP contribution in [0.3, 0.4) is 0 Å². The molecule has 0 atom stereocenters. The average molecular weight is 625 g/mol. The van der Waals surface area contributed by atoms with Crippen LogP contribution >= 0.6 is 56.4 Å². The third kappa shape index (κ3) is 10.4. The van der Waals surface area contributed by atoms with Gasteiger partial charge in [-0.2, -0.15) is 0 Å². The fraction of sp³-hybridized carbons (Fsp3) is 0.571. The van der Waals surface area contributed by atoms with E-state index in [4.69, 9.17) is 0 Å². The molecule has 0 bridgehead atoms. The SMILES string of the molecule is CCn1cc[n+](C)c1C.CCn1cc[n+](C)c1C.[Br][Mn-2]([Br])([Br])[Br]. The van der Waals surface area contributed by atoms with Crippen molar-refractivity contribution in [2.75, 3.05) is 0 Å². The summed E-state index contributed by atoms with van der Waals surface area (Å²) in [6, 6.07) is 0. The van der Waals surface area contributed by atoms with Gasteiger partial charge in [-0.1, -0.05) is 0 Å². The van der Waals surface area contributed by atoms with Crippen LogP contribution in [-0.4, -0.2) is 9.13 Å². The molecule has 0 aromatic carbocycles. The van der Waals surface area contributed by atoms with Gasteiger partial charge in [0.25, 0.3) is 11.6 Å². The quantitative estimate of drug-likeness (QED) is 0.342. The Balaban J connectivity index is 0.000000332. The van der Waals surface area contributed by atoms with Gasteiger partial charge in [0.2, 0.25) is 0 Å². The predicted molar refractivity (Wildman–Crippen MR) is 108 cm³/mol. The summed E-state index contributed by atoms with van der Waals surface area (Å²) in [6.07, 6.45) is 8.32. The number of nitrogens with zero attached hydrogens (tertiary/aromatic N) is 4. The molecule has 2 heterocycles. The zero-order valence-electron chi connectivity index (χ0n) is 14.4. The van der Waals surface area contributed by atoms with Gasteiger partial charge in [0.1, 0.15) is 24.8 Å². The molecule has 0 saturated heterocycles. The molecular weight excluding hydrogens is 599 g/mol. The molecule has 137 valence electrons. The number of halogens is 4. The fourth-order valence-electron chi connectivity index (χ4n) is 1.87. The summed E-state index contributed by atoms with van der Waals surface area (Å²) in [4.78, 5) is 0. The third-order valence-corrected chi connectivity index (χ3v) is 3.47. The van der Waals surface area contributed by atoms with Gasteiger partial charge in [0.15, 0.2) is 0 Å². The summed E-state index contributed by atoms with van der Waals surface area (Å²) in [5, 5.41) is 0.